The predicted octanol–water partition coefficient (Wildman–Crippen LogP) is 6.26. The van der Waals surface area contributed by atoms with E-state index < -0.39 is 10.0 Å². The lowest BCUT2D eigenvalue weighted by Crippen LogP contribution is -2.20. The van der Waals surface area contributed by atoms with Crippen LogP contribution in [0.2, 0.25) is 0 Å². The monoisotopic (exact) mass is 443 g/mol. The van der Waals surface area contributed by atoms with Crippen molar-refractivity contribution in [1.29, 1.82) is 0 Å². The molecule has 0 bridgehead atoms. The summed E-state index contributed by atoms with van der Waals surface area (Å²) in [5, 5.41) is 6.81. The average Bonchev–Trinajstić information content (AvgIpc) is 3.43. The lowest BCUT2D eigenvalue weighted by molar-refractivity contribution is 0.333. The summed E-state index contributed by atoms with van der Waals surface area (Å²) in [4.78, 5) is 1.34. The summed E-state index contributed by atoms with van der Waals surface area (Å²) in [6.07, 6.45) is 8.83. The van der Waals surface area contributed by atoms with Gasteiger partial charge < -0.3 is 0 Å². The maximum Gasteiger partial charge on any atom is 0.263 e. The Labute approximate surface area is 183 Å². The number of rotatable bonds is 8. The van der Waals surface area contributed by atoms with E-state index in [1.165, 1.54) is 12.0 Å². The van der Waals surface area contributed by atoms with E-state index >= 15 is 0 Å². The minimum absolute atomic E-state index is 0.238. The second-order valence-electron chi connectivity index (χ2n) is 7.98. The normalized spacial score (nSPS) is 15.4. The number of nitrogens with one attached hydrogen (secondary N) is 1. The van der Waals surface area contributed by atoms with E-state index in [9.17, 15) is 8.42 Å². The summed E-state index contributed by atoms with van der Waals surface area (Å²) >= 11 is 1.61. The number of aryl methyl sites for hydroxylation is 1. The van der Waals surface area contributed by atoms with Crippen LogP contribution in [0.4, 0.5) is 5.82 Å². The molecule has 2 heterocycles. The summed E-state index contributed by atoms with van der Waals surface area (Å²) in [7, 11) is -3.67. The van der Waals surface area contributed by atoms with Crippen LogP contribution >= 0.6 is 11.3 Å². The van der Waals surface area contributed by atoms with E-state index in [2.05, 4.69) is 11.6 Å². The van der Waals surface area contributed by atoms with E-state index in [0.717, 1.165) is 55.5 Å². The summed E-state index contributed by atoms with van der Waals surface area (Å²) in [6.45, 7) is 2.16. The van der Waals surface area contributed by atoms with Gasteiger partial charge in [-0.3, -0.25) is 4.72 Å². The van der Waals surface area contributed by atoms with E-state index in [0.29, 0.717) is 5.82 Å². The van der Waals surface area contributed by atoms with Gasteiger partial charge in [-0.05, 0) is 54.8 Å². The second-order valence-corrected chi connectivity index (χ2v) is 10.6. The van der Waals surface area contributed by atoms with Crippen LogP contribution < -0.4 is 4.72 Å². The zero-order valence-corrected chi connectivity index (χ0v) is 19.0. The third-order valence-electron chi connectivity index (χ3n) is 5.72. The molecule has 0 spiro atoms. The van der Waals surface area contributed by atoms with Gasteiger partial charge in [0.05, 0.1) is 15.8 Å². The van der Waals surface area contributed by atoms with Gasteiger partial charge in [-0.1, -0.05) is 50.8 Å². The number of unbranched alkanes of at least 4 members (excludes halogenated alkanes) is 1. The van der Waals surface area contributed by atoms with E-state index in [1.54, 1.807) is 23.5 Å². The molecule has 0 radical (unpaired) electrons. The minimum atomic E-state index is -3.67. The minimum Gasteiger partial charge on any atom is -0.264 e. The van der Waals surface area contributed by atoms with Crippen LogP contribution in [-0.4, -0.2) is 18.2 Å². The first-order chi connectivity index (χ1) is 14.6. The van der Waals surface area contributed by atoms with Crippen LogP contribution in [0.5, 0.6) is 0 Å². The quantitative estimate of drug-likeness (QED) is 0.447. The van der Waals surface area contributed by atoms with Crippen molar-refractivity contribution in [3.63, 3.8) is 0 Å². The molecule has 4 rings (SSSR count). The highest BCUT2D eigenvalue weighted by molar-refractivity contribution is 7.92. The Morgan fingerprint density at radius 1 is 1.13 bits per heavy atom. The molecule has 0 atom stereocenters. The molecule has 160 valence electrons. The summed E-state index contributed by atoms with van der Waals surface area (Å²) in [6, 6.07) is 13.4. The number of sulfonamides is 1. The molecule has 2 aromatic heterocycles. The van der Waals surface area contributed by atoms with Crippen molar-refractivity contribution < 1.29 is 8.42 Å². The number of anilines is 1. The Balaban J connectivity index is 1.62. The zero-order chi connectivity index (χ0) is 21.0. The van der Waals surface area contributed by atoms with Crippen LogP contribution in [0.25, 0.3) is 10.6 Å². The maximum atomic E-state index is 13.1. The predicted molar refractivity (Wildman–Crippen MR) is 124 cm³/mol. The van der Waals surface area contributed by atoms with E-state index in [4.69, 9.17) is 5.10 Å². The number of thiophene rings is 1. The first kappa shape index (κ1) is 21.1. The van der Waals surface area contributed by atoms with Crippen molar-refractivity contribution in [1.82, 2.24) is 9.78 Å². The van der Waals surface area contributed by atoms with Crippen molar-refractivity contribution in [2.45, 2.75) is 69.2 Å². The zero-order valence-electron chi connectivity index (χ0n) is 17.4. The van der Waals surface area contributed by atoms with Crippen molar-refractivity contribution >= 4 is 27.2 Å². The lowest BCUT2D eigenvalue weighted by Gasteiger charge is -2.24. The van der Waals surface area contributed by atoms with Gasteiger partial charge in [-0.15, -0.1) is 11.3 Å². The van der Waals surface area contributed by atoms with E-state index in [-0.39, 0.29) is 10.9 Å². The summed E-state index contributed by atoms with van der Waals surface area (Å²) in [5.41, 5.74) is 1.99. The molecule has 7 heteroatoms. The van der Waals surface area contributed by atoms with Crippen molar-refractivity contribution in [3.8, 4) is 10.6 Å². The third kappa shape index (κ3) is 4.78. The van der Waals surface area contributed by atoms with Gasteiger partial charge in [-0.2, -0.15) is 5.10 Å². The first-order valence-corrected chi connectivity index (χ1v) is 13.2. The van der Waals surface area contributed by atoms with Crippen molar-refractivity contribution in [3.05, 3.63) is 53.4 Å². The Bertz CT molecular complexity index is 1050. The van der Waals surface area contributed by atoms with Crippen LogP contribution in [0.1, 0.15) is 63.5 Å². The molecule has 3 aromatic rings. The van der Waals surface area contributed by atoms with Gasteiger partial charge in [0.25, 0.3) is 10.0 Å². The number of benzene rings is 1. The van der Waals surface area contributed by atoms with Crippen molar-refractivity contribution in [2.75, 3.05) is 4.72 Å². The molecule has 0 saturated heterocycles. The topological polar surface area (TPSA) is 64.0 Å². The molecule has 1 aliphatic rings. The Kier molecular flexibility index (Phi) is 6.58. The average molecular weight is 444 g/mol. The molecule has 1 N–H and O–H groups in total. The summed E-state index contributed by atoms with van der Waals surface area (Å²) in [5.74, 6) is 0.556. The maximum absolute atomic E-state index is 13.1. The van der Waals surface area contributed by atoms with Gasteiger partial charge in [0.2, 0.25) is 0 Å². The SMILES string of the molecule is CCCCc1ccc(S(=O)(=O)Nc2cc(-c3cccs3)nn2C2CCCCC2)cc1. The lowest BCUT2D eigenvalue weighted by atomic mass is 9.96. The molecule has 0 amide bonds. The summed E-state index contributed by atoms with van der Waals surface area (Å²) < 4.78 is 30.9. The highest BCUT2D eigenvalue weighted by Gasteiger charge is 2.24. The molecule has 0 aliphatic heterocycles. The van der Waals surface area contributed by atoms with Gasteiger partial charge in [0.15, 0.2) is 0 Å². The van der Waals surface area contributed by atoms with Gasteiger partial charge in [-0.25, -0.2) is 13.1 Å². The second kappa shape index (κ2) is 9.35. The Morgan fingerprint density at radius 3 is 2.57 bits per heavy atom. The third-order valence-corrected chi connectivity index (χ3v) is 7.98. The van der Waals surface area contributed by atoms with Gasteiger partial charge >= 0.3 is 0 Å². The van der Waals surface area contributed by atoms with Crippen molar-refractivity contribution in [2.24, 2.45) is 0 Å². The van der Waals surface area contributed by atoms with Crippen LogP contribution in [-0.2, 0) is 16.4 Å². The van der Waals surface area contributed by atoms with Gasteiger partial charge in [0, 0.05) is 6.07 Å². The first-order valence-electron chi connectivity index (χ1n) is 10.8. The van der Waals surface area contributed by atoms with E-state index in [1.807, 2.05) is 40.4 Å². The molecule has 1 fully saturated rings. The van der Waals surface area contributed by atoms with Crippen LogP contribution in [0.15, 0.2) is 52.7 Å². The van der Waals surface area contributed by atoms with Crippen LogP contribution in [0.3, 0.4) is 0 Å². The largest absolute Gasteiger partial charge is 0.264 e. The molecule has 5 nitrogen and oxygen atoms in total. The number of hydrogen-bond donors (Lipinski definition) is 1. The smallest absolute Gasteiger partial charge is 0.263 e. The molecule has 30 heavy (non-hydrogen) atoms. The number of nitrogens with zero attached hydrogens (tertiary/aromatic N) is 2. The number of hydrogen-bond acceptors (Lipinski definition) is 4. The molecule has 1 aliphatic carbocycles. The number of aromatic nitrogens is 2. The highest BCUT2D eigenvalue weighted by atomic mass is 32.2. The molecular formula is C23H29N3O2S2. The Morgan fingerprint density at radius 2 is 1.90 bits per heavy atom. The van der Waals surface area contributed by atoms with Crippen LogP contribution in [0, 0.1) is 0 Å². The molecular weight excluding hydrogens is 414 g/mol. The molecule has 1 saturated carbocycles. The highest BCUT2D eigenvalue weighted by Crippen LogP contribution is 2.34. The molecule has 1 aromatic carbocycles. The van der Waals surface area contributed by atoms with Gasteiger partial charge in [0.1, 0.15) is 11.5 Å². The standard InChI is InChI=1S/C23H29N3O2S2/c1-2-3-8-18-12-14-20(15-13-18)30(27,28)25-23-17-21(22-11-7-16-29-22)24-26(23)19-9-5-4-6-10-19/h7,11-17,19,25H,2-6,8-10H2,1H3. The Hall–Kier alpha value is -2.12. The fraction of sp³-hybridized carbons (Fsp3) is 0.435. The fourth-order valence-corrected chi connectivity index (χ4v) is 5.75. The fourth-order valence-electron chi connectivity index (χ4n) is 4.03. The molecule has 0 unspecified atom stereocenters.